The molecule has 0 bridgehead atoms. The molecule has 0 radical (unpaired) electrons. The molecule has 0 spiro atoms. The van der Waals surface area contributed by atoms with Crippen molar-refractivity contribution < 1.29 is 9.53 Å². The third-order valence-corrected chi connectivity index (χ3v) is 3.31. The molecule has 112 valence electrons. The van der Waals surface area contributed by atoms with Gasteiger partial charge in [-0.05, 0) is 38.1 Å². The van der Waals surface area contributed by atoms with Crippen LogP contribution in [0.15, 0.2) is 36.7 Å². The molecule has 0 atom stereocenters. The van der Waals surface area contributed by atoms with E-state index in [9.17, 15) is 4.79 Å². The number of amides is 1. The number of aryl methyl sites for hydroxylation is 1. The van der Waals surface area contributed by atoms with Crippen molar-refractivity contribution in [2.24, 2.45) is 7.05 Å². The van der Waals surface area contributed by atoms with E-state index in [-0.39, 0.29) is 5.91 Å². The van der Waals surface area contributed by atoms with Crippen molar-refractivity contribution in [1.82, 2.24) is 14.9 Å². The summed E-state index contributed by atoms with van der Waals surface area (Å²) in [5.74, 6) is 1.17. The van der Waals surface area contributed by atoms with Gasteiger partial charge in [0.1, 0.15) is 11.6 Å². The Balaban J connectivity index is 1.96. The average Bonchev–Trinajstić information content (AvgIpc) is 2.84. The van der Waals surface area contributed by atoms with Gasteiger partial charge in [-0.15, -0.1) is 0 Å². The van der Waals surface area contributed by atoms with Gasteiger partial charge in [-0.25, -0.2) is 4.98 Å². The predicted molar refractivity (Wildman–Crippen MR) is 81.2 cm³/mol. The number of ether oxygens (including phenoxy) is 1. The number of carbonyl (C=O) groups is 1. The van der Waals surface area contributed by atoms with Crippen LogP contribution in [-0.2, 0) is 18.4 Å². The van der Waals surface area contributed by atoms with Gasteiger partial charge in [0.05, 0.1) is 6.54 Å². The minimum absolute atomic E-state index is 0.208. The maximum Gasteiger partial charge on any atom is 0.263 e. The largest absolute Gasteiger partial charge is 0.478 e. The second-order valence-corrected chi connectivity index (χ2v) is 5.64. The fourth-order valence-corrected chi connectivity index (χ4v) is 1.91. The Morgan fingerprint density at radius 3 is 2.62 bits per heavy atom. The molecule has 0 aliphatic rings. The molecule has 0 unspecified atom stereocenters. The third kappa shape index (κ3) is 3.98. The maximum atomic E-state index is 12.2. The average molecular weight is 308 g/mol. The normalized spacial score (nSPS) is 11.2. The number of hydrogen-bond acceptors (Lipinski definition) is 3. The second kappa shape index (κ2) is 6.18. The number of nitrogens with one attached hydrogen (secondary N) is 1. The summed E-state index contributed by atoms with van der Waals surface area (Å²) in [4.78, 5) is 16.4. The van der Waals surface area contributed by atoms with Gasteiger partial charge in [-0.2, -0.15) is 0 Å². The molecule has 0 fully saturated rings. The fourth-order valence-electron chi connectivity index (χ4n) is 1.78. The zero-order chi connectivity index (χ0) is 15.5. The van der Waals surface area contributed by atoms with Crippen LogP contribution in [-0.4, -0.2) is 21.1 Å². The van der Waals surface area contributed by atoms with Crippen molar-refractivity contribution in [3.8, 4) is 5.75 Å². The Kier molecular flexibility index (Phi) is 4.53. The molecular weight excluding hydrogens is 290 g/mol. The smallest absolute Gasteiger partial charge is 0.263 e. The summed E-state index contributed by atoms with van der Waals surface area (Å²) in [6.45, 7) is 3.79. The Morgan fingerprint density at radius 2 is 2.05 bits per heavy atom. The molecule has 1 aromatic heterocycles. The number of benzene rings is 1. The van der Waals surface area contributed by atoms with E-state index in [1.54, 1.807) is 44.3 Å². The monoisotopic (exact) mass is 307 g/mol. The van der Waals surface area contributed by atoms with Crippen LogP contribution in [0, 0.1) is 0 Å². The molecular formula is C15H18ClN3O2. The number of nitrogens with zero attached hydrogens (tertiary/aromatic N) is 2. The molecule has 1 heterocycles. The topological polar surface area (TPSA) is 56.2 Å². The van der Waals surface area contributed by atoms with Crippen LogP contribution in [0.1, 0.15) is 19.7 Å². The Labute approximate surface area is 128 Å². The highest BCUT2D eigenvalue weighted by molar-refractivity contribution is 6.30. The summed E-state index contributed by atoms with van der Waals surface area (Å²) < 4.78 is 7.58. The lowest BCUT2D eigenvalue weighted by Crippen LogP contribution is -2.46. The van der Waals surface area contributed by atoms with Gasteiger partial charge in [0, 0.05) is 24.5 Å². The van der Waals surface area contributed by atoms with E-state index in [1.807, 2.05) is 17.8 Å². The van der Waals surface area contributed by atoms with Crippen molar-refractivity contribution in [3.05, 3.63) is 47.5 Å². The molecule has 6 heteroatoms. The summed E-state index contributed by atoms with van der Waals surface area (Å²) in [6.07, 6.45) is 3.52. The molecule has 1 N–H and O–H groups in total. The van der Waals surface area contributed by atoms with Crippen LogP contribution < -0.4 is 10.1 Å². The third-order valence-electron chi connectivity index (χ3n) is 3.06. The molecule has 0 saturated heterocycles. The zero-order valence-electron chi connectivity index (χ0n) is 12.3. The number of halogens is 1. The van der Waals surface area contributed by atoms with Gasteiger partial charge in [-0.3, -0.25) is 4.79 Å². The highest BCUT2D eigenvalue weighted by Crippen LogP contribution is 2.21. The molecule has 1 aromatic carbocycles. The van der Waals surface area contributed by atoms with E-state index in [4.69, 9.17) is 16.3 Å². The molecule has 5 nitrogen and oxygen atoms in total. The Morgan fingerprint density at radius 1 is 1.38 bits per heavy atom. The first-order valence-electron chi connectivity index (χ1n) is 6.57. The maximum absolute atomic E-state index is 12.2. The minimum Gasteiger partial charge on any atom is -0.478 e. The van der Waals surface area contributed by atoms with Crippen LogP contribution in [0.3, 0.4) is 0 Å². The van der Waals surface area contributed by atoms with Crippen molar-refractivity contribution in [3.63, 3.8) is 0 Å². The second-order valence-electron chi connectivity index (χ2n) is 5.20. The molecule has 0 saturated carbocycles. The summed E-state index contributed by atoms with van der Waals surface area (Å²) >= 11 is 5.82. The summed E-state index contributed by atoms with van der Waals surface area (Å²) in [5.41, 5.74) is -0.987. The molecule has 2 rings (SSSR count). The van der Waals surface area contributed by atoms with Crippen molar-refractivity contribution in [2.45, 2.75) is 26.0 Å². The summed E-state index contributed by atoms with van der Waals surface area (Å²) in [5, 5.41) is 3.45. The highest BCUT2D eigenvalue weighted by atomic mass is 35.5. The van der Waals surface area contributed by atoms with Crippen LogP contribution in [0.25, 0.3) is 0 Å². The van der Waals surface area contributed by atoms with E-state index < -0.39 is 5.60 Å². The molecule has 21 heavy (non-hydrogen) atoms. The summed E-state index contributed by atoms with van der Waals surface area (Å²) in [7, 11) is 1.88. The Hall–Kier alpha value is -2.01. The van der Waals surface area contributed by atoms with Gasteiger partial charge in [-0.1, -0.05) is 11.6 Å². The molecule has 1 amide bonds. The van der Waals surface area contributed by atoms with Crippen molar-refractivity contribution >= 4 is 17.5 Å². The number of hydrogen-bond donors (Lipinski definition) is 1. The lowest BCUT2D eigenvalue weighted by molar-refractivity contribution is -0.134. The van der Waals surface area contributed by atoms with Crippen LogP contribution in [0.2, 0.25) is 5.02 Å². The zero-order valence-corrected chi connectivity index (χ0v) is 13.0. The number of imidazole rings is 1. The van der Waals surface area contributed by atoms with Gasteiger partial charge in [0.2, 0.25) is 0 Å². The molecule has 0 aliphatic carbocycles. The van der Waals surface area contributed by atoms with Crippen LogP contribution in [0.5, 0.6) is 5.75 Å². The van der Waals surface area contributed by atoms with Crippen molar-refractivity contribution in [2.75, 3.05) is 0 Å². The van der Waals surface area contributed by atoms with Gasteiger partial charge in [0.25, 0.3) is 5.91 Å². The quantitative estimate of drug-likeness (QED) is 0.923. The predicted octanol–water partition coefficient (Wildman–Crippen LogP) is 2.55. The van der Waals surface area contributed by atoms with E-state index in [0.717, 1.165) is 5.82 Å². The lowest BCUT2D eigenvalue weighted by atomic mass is 10.1. The van der Waals surface area contributed by atoms with E-state index in [2.05, 4.69) is 10.3 Å². The van der Waals surface area contributed by atoms with Crippen molar-refractivity contribution in [1.29, 1.82) is 0 Å². The van der Waals surface area contributed by atoms with E-state index in [0.29, 0.717) is 17.3 Å². The van der Waals surface area contributed by atoms with E-state index in [1.165, 1.54) is 0 Å². The van der Waals surface area contributed by atoms with Gasteiger partial charge >= 0.3 is 0 Å². The van der Waals surface area contributed by atoms with E-state index >= 15 is 0 Å². The first kappa shape index (κ1) is 15.4. The summed E-state index contributed by atoms with van der Waals surface area (Å²) in [6, 6.07) is 6.91. The van der Waals surface area contributed by atoms with Crippen LogP contribution in [0.4, 0.5) is 0 Å². The van der Waals surface area contributed by atoms with Crippen LogP contribution >= 0.6 is 11.6 Å². The SMILES string of the molecule is Cn1ccnc1CNC(=O)C(C)(C)Oc1ccc(Cl)cc1. The Bertz CT molecular complexity index is 620. The van der Waals surface area contributed by atoms with Gasteiger partial charge < -0.3 is 14.6 Å². The van der Waals surface area contributed by atoms with Gasteiger partial charge in [0.15, 0.2) is 5.60 Å². The standard InChI is InChI=1S/C15H18ClN3O2/c1-15(2,21-12-6-4-11(16)5-7-12)14(20)18-10-13-17-8-9-19(13)3/h4-9H,10H2,1-3H3,(H,18,20). The number of rotatable bonds is 5. The fraction of sp³-hybridized carbons (Fsp3) is 0.333. The lowest BCUT2D eigenvalue weighted by Gasteiger charge is -2.25. The first-order chi connectivity index (χ1) is 9.88. The number of carbonyl (C=O) groups excluding carboxylic acids is 1. The molecule has 0 aliphatic heterocycles. The molecule has 2 aromatic rings. The number of aromatic nitrogens is 2. The first-order valence-corrected chi connectivity index (χ1v) is 6.95. The minimum atomic E-state index is -0.987. The highest BCUT2D eigenvalue weighted by Gasteiger charge is 2.29.